The average molecular weight is 269 g/mol. The van der Waals surface area contributed by atoms with E-state index >= 15 is 0 Å². The van der Waals surface area contributed by atoms with E-state index in [0.717, 1.165) is 17.8 Å². The molecule has 0 amide bonds. The summed E-state index contributed by atoms with van der Waals surface area (Å²) in [4.78, 5) is 0. The third-order valence-electron chi connectivity index (χ3n) is 4.55. The maximum atomic E-state index is 2.47. The van der Waals surface area contributed by atoms with E-state index in [4.69, 9.17) is 0 Å². The maximum absolute atomic E-state index is 2.47. The molecule has 0 bridgehead atoms. The van der Waals surface area contributed by atoms with Crippen molar-refractivity contribution in [2.45, 2.75) is 105 Å². The minimum Gasteiger partial charge on any atom is -0.0654 e. The molecule has 0 aromatic carbocycles. The van der Waals surface area contributed by atoms with Crippen LogP contribution in [0, 0.1) is 17.8 Å². The molecule has 0 aromatic heterocycles. The van der Waals surface area contributed by atoms with Gasteiger partial charge in [0.2, 0.25) is 0 Å². The Kier molecular flexibility index (Phi) is 13.0. The van der Waals surface area contributed by atoms with Crippen molar-refractivity contribution in [2.75, 3.05) is 0 Å². The minimum atomic E-state index is 0.940. The van der Waals surface area contributed by atoms with Crippen molar-refractivity contribution in [2.24, 2.45) is 17.8 Å². The maximum Gasteiger partial charge on any atom is -0.0440 e. The summed E-state index contributed by atoms with van der Waals surface area (Å²) in [5.41, 5.74) is 0. The van der Waals surface area contributed by atoms with Crippen LogP contribution in [0.2, 0.25) is 0 Å². The molecule has 0 nitrogen and oxygen atoms in total. The lowest BCUT2D eigenvalue weighted by Gasteiger charge is -2.18. The van der Waals surface area contributed by atoms with Crippen molar-refractivity contribution in [3.8, 4) is 0 Å². The van der Waals surface area contributed by atoms with Crippen LogP contribution in [0.5, 0.6) is 0 Å². The molecule has 0 spiro atoms. The molecule has 0 aromatic rings. The second kappa shape index (κ2) is 13.0. The predicted molar refractivity (Wildman–Crippen MR) is 89.6 cm³/mol. The quantitative estimate of drug-likeness (QED) is 0.309. The lowest BCUT2D eigenvalue weighted by molar-refractivity contribution is 0.346. The number of rotatable bonds is 13. The van der Waals surface area contributed by atoms with Crippen molar-refractivity contribution >= 4 is 0 Å². The number of unbranched alkanes of at least 4 members (excludes halogenated alkanes) is 3. The summed E-state index contributed by atoms with van der Waals surface area (Å²) < 4.78 is 0. The molecule has 0 N–H and O–H groups in total. The third-order valence-corrected chi connectivity index (χ3v) is 4.55. The lowest BCUT2D eigenvalue weighted by Crippen LogP contribution is -2.04. The van der Waals surface area contributed by atoms with Gasteiger partial charge in [-0.3, -0.25) is 0 Å². The molecular formula is C19H40. The Labute approximate surface area is 123 Å². The first-order valence-corrected chi connectivity index (χ1v) is 9.10. The Morgan fingerprint density at radius 2 is 1.00 bits per heavy atom. The van der Waals surface area contributed by atoms with E-state index in [1.54, 1.807) is 0 Å². The van der Waals surface area contributed by atoms with E-state index in [-0.39, 0.29) is 0 Å². The fraction of sp³-hybridized carbons (Fsp3) is 1.00. The van der Waals surface area contributed by atoms with E-state index in [1.807, 2.05) is 0 Å². The number of hydrogen-bond donors (Lipinski definition) is 0. The molecule has 0 aliphatic carbocycles. The van der Waals surface area contributed by atoms with Crippen molar-refractivity contribution in [3.63, 3.8) is 0 Å². The van der Waals surface area contributed by atoms with Crippen LogP contribution in [0.1, 0.15) is 105 Å². The zero-order chi connectivity index (χ0) is 14.5. The molecule has 0 saturated carbocycles. The second-order valence-electron chi connectivity index (χ2n) is 7.12. The first kappa shape index (κ1) is 19.0. The molecule has 0 fully saturated rings. The predicted octanol–water partition coefficient (Wildman–Crippen LogP) is 7.23. The van der Waals surface area contributed by atoms with Gasteiger partial charge in [0, 0.05) is 0 Å². The van der Waals surface area contributed by atoms with Gasteiger partial charge in [-0.25, -0.2) is 0 Å². The Morgan fingerprint density at radius 1 is 0.526 bits per heavy atom. The summed E-state index contributed by atoms with van der Waals surface area (Å²) in [6, 6.07) is 0. The van der Waals surface area contributed by atoms with Gasteiger partial charge in [0.25, 0.3) is 0 Å². The molecular weight excluding hydrogens is 228 g/mol. The third kappa shape index (κ3) is 12.8. The highest BCUT2D eigenvalue weighted by Gasteiger charge is 2.09. The molecule has 3 unspecified atom stereocenters. The van der Waals surface area contributed by atoms with Gasteiger partial charge < -0.3 is 0 Å². The van der Waals surface area contributed by atoms with Crippen molar-refractivity contribution in [1.29, 1.82) is 0 Å². The summed E-state index contributed by atoms with van der Waals surface area (Å²) in [6.07, 6.45) is 15.7. The van der Waals surface area contributed by atoms with Crippen molar-refractivity contribution in [1.82, 2.24) is 0 Å². The van der Waals surface area contributed by atoms with Crippen LogP contribution in [0.3, 0.4) is 0 Å². The van der Waals surface area contributed by atoms with E-state index < -0.39 is 0 Å². The van der Waals surface area contributed by atoms with E-state index in [2.05, 4.69) is 34.6 Å². The van der Waals surface area contributed by atoms with Gasteiger partial charge in [-0.2, -0.15) is 0 Å². The fourth-order valence-electron chi connectivity index (χ4n) is 3.18. The van der Waals surface area contributed by atoms with Crippen LogP contribution in [0.15, 0.2) is 0 Å². The summed E-state index contributed by atoms with van der Waals surface area (Å²) in [5.74, 6) is 2.84. The van der Waals surface area contributed by atoms with Crippen LogP contribution in [-0.2, 0) is 0 Å². The highest BCUT2D eigenvalue weighted by atomic mass is 14.2. The Balaban J connectivity index is 3.49. The van der Waals surface area contributed by atoms with Gasteiger partial charge in [-0.05, 0) is 24.2 Å². The average Bonchev–Trinajstić information content (AvgIpc) is 2.36. The molecule has 0 aliphatic rings. The largest absolute Gasteiger partial charge is 0.0654 e. The minimum absolute atomic E-state index is 0.940. The summed E-state index contributed by atoms with van der Waals surface area (Å²) in [5, 5.41) is 0. The summed E-state index contributed by atoms with van der Waals surface area (Å²) in [6.45, 7) is 12.0. The zero-order valence-corrected chi connectivity index (χ0v) is 14.5. The molecule has 19 heavy (non-hydrogen) atoms. The standard InChI is InChI=1S/C19H40/c1-6-8-10-13-18(4)16-19(5)15-11-14-17(3)12-9-7-2/h17-19H,6-16H2,1-5H3. The van der Waals surface area contributed by atoms with Gasteiger partial charge in [0.05, 0.1) is 0 Å². The van der Waals surface area contributed by atoms with E-state index in [0.29, 0.717) is 0 Å². The fourth-order valence-corrected chi connectivity index (χ4v) is 3.18. The van der Waals surface area contributed by atoms with Crippen molar-refractivity contribution < 1.29 is 0 Å². The zero-order valence-electron chi connectivity index (χ0n) is 14.5. The van der Waals surface area contributed by atoms with E-state index in [9.17, 15) is 0 Å². The smallest absolute Gasteiger partial charge is 0.0440 e. The van der Waals surface area contributed by atoms with Gasteiger partial charge in [0.15, 0.2) is 0 Å². The highest BCUT2D eigenvalue weighted by molar-refractivity contribution is 4.62. The normalized spacial score (nSPS) is 16.3. The van der Waals surface area contributed by atoms with Crippen LogP contribution in [-0.4, -0.2) is 0 Å². The van der Waals surface area contributed by atoms with Gasteiger partial charge >= 0.3 is 0 Å². The first-order chi connectivity index (χ1) is 9.10. The molecule has 0 rings (SSSR count). The number of hydrogen-bond acceptors (Lipinski definition) is 0. The molecule has 116 valence electrons. The summed E-state index contributed by atoms with van der Waals surface area (Å²) >= 11 is 0. The lowest BCUT2D eigenvalue weighted by atomic mass is 9.88. The molecule has 0 saturated heterocycles. The Bertz CT molecular complexity index is 173. The highest BCUT2D eigenvalue weighted by Crippen LogP contribution is 2.23. The summed E-state index contributed by atoms with van der Waals surface area (Å²) in [7, 11) is 0. The topological polar surface area (TPSA) is 0 Å². The first-order valence-electron chi connectivity index (χ1n) is 9.10. The SMILES string of the molecule is CCCCCC(C)CC(C)CCCC(C)CCCC. The van der Waals surface area contributed by atoms with Crippen LogP contribution < -0.4 is 0 Å². The van der Waals surface area contributed by atoms with Gasteiger partial charge in [0.1, 0.15) is 0 Å². The van der Waals surface area contributed by atoms with Gasteiger partial charge in [-0.15, -0.1) is 0 Å². The Morgan fingerprint density at radius 3 is 1.58 bits per heavy atom. The Hall–Kier alpha value is 0. The van der Waals surface area contributed by atoms with Gasteiger partial charge in [-0.1, -0.05) is 98.8 Å². The van der Waals surface area contributed by atoms with Crippen molar-refractivity contribution in [3.05, 3.63) is 0 Å². The molecule has 3 atom stereocenters. The van der Waals surface area contributed by atoms with E-state index in [1.165, 1.54) is 70.6 Å². The molecule has 0 heteroatoms. The molecule has 0 heterocycles. The van der Waals surface area contributed by atoms with Crippen LogP contribution in [0.25, 0.3) is 0 Å². The second-order valence-corrected chi connectivity index (χ2v) is 7.12. The molecule has 0 aliphatic heterocycles. The molecule has 0 radical (unpaired) electrons. The monoisotopic (exact) mass is 268 g/mol. The van der Waals surface area contributed by atoms with Crippen LogP contribution in [0.4, 0.5) is 0 Å². The van der Waals surface area contributed by atoms with Crippen LogP contribution >= 0.6 is 0 Å².